The molecule has 0 N–H and O–H groups in total. The molecule has 3 rings (SSSR count). The van der Waals surface area contributed by atoms with Crippen molar-refractivity contribution in [2.75, 3.05) is 0 Å². The number of nitrogens with zero attached hydrogens (tertiary/aromatic N) is 4. The van der Waals surface area contributed by atoms with Crippen molar-refractivity contribution in [2.24, 2.45) is 0 Å². The van der Waals surface area contributed by atoms with Crippen molar-refractivity contribution in [1.29, 1.82) is 0 Å². The predicted molar refractivity (Wildman–Crippen MR) is 74.2 cm³/mol. The maximum Gasteiger partial charge on any atom is 0.306 e. The first-order valence-electron chi connectivity index (χ1n) is 5.11. The third-order valence-electron chi connectivity index (χ3n) is 2.65. The van der Waals surface area contributed by atoms with E-state index in [-0.39, 0.29) is 10.7 Å². The van der Waals surface area contributed by atoms with Gasteiger partial charge in [-0.15, -0.1) is 0 Å². The Hall–Kier alpha value is -1.86. The molecule has 2 heterocycles. The van der Waals surface area contributed by atoms with Crippen LogP contribution >= 0.6 is 27.5 Å². The van der Waals surface area contributed by atoms with Gasteiger partial charge in [0.05, 0.1) is 20.4 Å². The maximum atomic E-state index is 10.9. The van der Waals surface area contributed by atoms with Gasteiger partial charge in [-0.05, 0) is 22.0 Å². The van der Waals surface area contributed by atoms with Crippen molar-refractivity contribution in [2.45, 2.75) is 0 Å². The second-order valence-corrected chi connectivity index (χ2v) is 4.90. The van der Waals surface area contributed by atoms with E-state index in [0.29, 0.717) is 26.4 Å². The van der Waals surface area contributed by atoms with Gasteiger partial charge in [-0.3, -0.25) is 20.1 Å². The number of aromatic nitrogens is 3. The Labute approximate surface area is 119 Å². The van der Waals surface area contributed by atoms with Gasteiger partial charge in [-0.25, -0.2) is 4.98 Å². The Bertz CT molecular complexity index is 840. The van der Waals surface area contributed by atoms with Crippen molar-refractivity contribution < 1.29 is 4.92 Å². The average Bonchev–Trinajstić information content (AvgIpc) is 2.40. The highest BCUT2D eigenvalue weighted by Crippen LogP contribution is 2.36. The molecule has 0 bridgehead atoms. The van der Waals surface area contributed by atoms with E-state index in [1.807, 2.05) is 0 Å². The molecule has 94 valence electrons. The van der Waals surface area contributed by atoms with E-state index in [2.05, 4.69) is 30.9 Å². The molecule has 0 aliphatic rings. The zero-order chi connectivity index (χ0) is 13.6. The number of rotatable bonds is 1. The molecular formula is C11H4BrClN4O2. The van der Waals surface area contributed by atoms with Gasteiger partial charge in [-0.1, -0.05) is 11.6 Å². The topological polar surface area (TPSA) is 81.8 Å². The van der Waals surface area contributed by atoms with E-state index in [4.69, 9.17) is 11.6 Å². The van der Waals surface area contributed by atoms with Crippen molar-refractivity contribution in [3.8, 4) is 0 Å². The third kappa shape index (κ3) is 1.82. The molecule has 0 unspecified atom stereocenters. The maximum absolute atomic E-state index is 10.9. The largest absolute Gasteiger partial charge is 0.306 e. The molecule has 2 aromatic heterocycles. The molecule has 3 aromatic rings. The van der Waals surface area contributed by atoms with Crippen molar-refractivity contribution in [3.63, 3.8) is 0 Å². The normalized spacial score (nSPS) is 11.1. The fourth-order valence-corrected chi connectivity index (χ4v) is 2.68. The van der Waals surface area contributed by atoms with E-state index in [0.717, 1.165) is 6.20 Å². The number of halogens is 2. The molecule has 0 amide bonds. The molecule has 0 aliphatic carbocycles. The van der Waals surface area contributed by atoms with Gasteiger partial charge in [0.15, 0.2) is 0 Å². The van der Waals surface area contributed by atoms with E-state index < -0.39 is 4.92 Å². The van der Waals surface area contributed by atoms with Crippen LogP contribution in [0.25, 0.3) is 21.9 Å². The van der Waals surface area contributed by atoms with E-state index >= 15 is 0 Å². The number of pyridine rings is 1. The summed E-state index contributed by atoms with van der Waals surface area (Å²) in [5, 5.41) is 11.4. The lowest BCUT2D eigenvalue weighted by Gasteiger charge is -2.05. The van der Waals surface area contributed by atoms with E-state index in [1.54, 1.807) is 18.5 Å². The molecule has 0 radical (unpaired) electrons. The highest BCUT2D eigenvalue weighted by molar-refractivity contribution is 9.10. The lowest BCUT2D eigenvalue weighted by atomic mass is 10.2. The highest BCUT2D eigenvalue weighted by Gasteiger charge is 2.19. The Morgan fingerprint density at radius 1 is 1.21 bits per heavy atom. The highest BCUT2D eigenvalue weighted by atomic mass is 79.9. The van der Waals surface area contributed by atoms with Crippen LogP contribution in [0.15, 0.2) is 29.1 Å². The number of hydrogen-bond donors (Lipinski definition) is 0. The number of hydrogen-bond acceptors (Lipinski definition) is 5. The minimum Gasteiger partial charge on any atom is -0.258 e. The van der Waals surface area contributed by atoms with Crippen LogP contribution in [-0.4, -0.2) is 19.9 Å². The van der Waals surface area contributed by atoms with Crippen LogP contribution in [0.5, 0.6) is 0 Å². The average molecular weight is 340 g/mol. The van der Waals surface area contributed by atoms with Crippen LogP contribution in [0.3, 0.4) is 0 Å². The lowest BCUT2D eigenvalue weighted by molar-refractivity contribution is -0.384. The Morgan fingerprint density at radius 3 is 2.68 bits per heavy atom. The van der Waals surface area contributed by atoms with Crippen LogP contribution in [-0.2, 0) is 0 Å². The Balaban J connectivity index is 2.51. The van der Waals surface area contributed by atoms with Gasteiger partial charge >= 0.3 is 5.69 Å². The summed E-state index contributed by atoms with van der Waals surface area (Å²) in [5.74, 6) is 0. The van der Waals surface area contributed by atoms with Crippen molar-refractivity contribution >= 4 is 55.2 Å². The summed E-state index contributed by atoms with van der Waals surface area (Å²) < 4.78 is 0.616. The van der Waals surface area contributed by atoms with E-state index in [9.17, 15) is 10.1 Å². The zero-order valence-electron chi connectivity index (χ0n) is 9.17. The number of benzene rings is 1. The van der Waals surface area contributed by atoms with Gasteiger partial charge in [0.2, 0.25) is 0 Å². The summed E-state index contributed by atoms with van der Waals surface area (Å²) >= 11 is 9.44. The minimum absolute atomic E-state index is 0.0447. The molecule has 0 spiro atoms. The van der Waals surface area contributed by atoms with Crippen molar-refractivity contribution in [3.05, 3.63) is 44.3 Å². The standard InChI is InChI=1S/C11H4BrClN4O2/c12-8-10-5(3-6-11(8)15-2-1-14-6)9(13)7(4-16-10)17(18)19/h1-4H. The van der Waals surface area contributed by atoms with Gasteiger partial charge in [0.25, 0.3) is 0 Å². The Kier molecular flexibility index (Phi) is 2.79. The van der Waals surface area contributed by atoms with Crippen molar-refractivity contribution in [1.82, 2.24) is 15.0 Å². The summed E-state index contributed by atoms with van der Waals surface area (Å²) in [5.41, 5.74) is 1.51. The molecule has 0 aliphatic heterocycles. The van der Waals surface area contributed by atoms with Crippen LogP contribution in [0, 0.1) is 10.1 Å². The zero-order valence-corrected chi connectivity index (χ0v) is 11.5. The Morgan fingerprint density at radius 2 is 1.95 bits per heavy atom. The summed E-state index contributed by atoms with van der Waals surface area (Å²) in [6.45, 7) is 0. The molecule has 0 saturated heterocycles. The van der Waals surface area contributed by atoms with Gasteiger partial charge in [0, 0.05) is 17.8 Å². The minimum atomic E-state index is -0.566. The van der Waals surface area contributed by atoms with Crippen LogP contribution in [0.4, 0.5) is 5.69 Å². The summed E-state index contributed by atoms with van der Waals surface area (Å²) in [6.07, 6.45) is 4.24. The predicted octanol–water partition coefficient (Wildman–Crippen LogP) is 3.50. The molecule has 0 fully saturated rings. The molecule has 0 atom stereocenters. The first-order chi connectivity index (χ1) is 9.09. The summed E-state index contributed by atoms with van der Waals surface area (Å²) in [4.78, 5) is 22.7. The monoisotopic (exact) mass is 338 g/mol. The van der Waals surface area contributed by atoms with E-state index in [1.165, 1.54) is 0 Å². The van der Waals surface area contributed by atoms with Crippen LogP contribution < -0.4 is 0 Å². The van der Waals surface area contributed by atoms with Gasteiger partial charge < -0.3 is 0 Å². The molecule has 8 heteroatoms. The lowest BCUT2D eigenvalue weighted by Crippen LogP contribution is -1.94. The fourth-order valence-electron chi connectivity index (χ4n) is 1.80. The number of fused-ring (bicyclic) bond motifs is 2. The smallest absolute Gasteiger partial charge is 0.258 e. The second kappa shape index (κ2) is 4.36. The fraction of sp³-hybridized carbons (Fsp3) is 0. The quantitative estimate of drug-likeness (QED) is 0.385. The second-order valence-electron chi connectivity index (χ2n) is 3.73. The van der Waals surface area contributed by atoms with Gasteiger partial charge in [0.1, 0.15) is 16.7 Å². The first kappa shape index (κ1) is 12.2. The summed E-state index contributed by atoms with van der Waals surface area (Å²) in [6, 6.07) is 1.64. The molecule has 19 heavy (non-hydrogen) atoms. The molecule has 6 nitrogen and oxygen atoms in total. The SMILES string of the molecule is O=[N+]([O-])c1cnc2c(Br)c3nccnc3cc2c1Cl. The summed E-state index contributed by atoms with van der Waals surface area (Å²) in [7, 11) is 0. The van der Waals surface area contributed by atoms with Crippen LogP contribution in [0.1, 0.15) is 0 Å². The molecule has 0 saturated carbocycles. The molecule has 1 aromatic carbocycles. The first-order valence-corrected chi connectivity index (χ1v) is 6.28. The van der Waals surface area contributed by atoms with Gasteiger partial charge in [-0.2, -0.15) is 0 Å². The molecular weight excluding hydrogens is 336 g/mol. The number of nitro groups is 1. The third-order valence-corrected chi connectivity index (χ3v) is 3.80. The van der Waals surface area contributed by atoms with Crippen LogP contribution in [0.2, 0.25) is 5.02 Å².